The number of anilines is 3. The van der Waals surface area contributed by atoms with Gasteiger partial charge in [0.25, 0.3) is 17.7 Å². The molecular formula is C29H26ClN3O7. The summed E-state index contributed by atoms with van der Waals surface area (Å²) in [6.45, 7) is 2.20. The zero-order valence-corrected chi connectivity index (χ0v) is 22.7. The van der Waals surface area contributed by atoms with Crippen molar-refractivity contribution in [3.8, 4) is 11.5 Å². The molecule has 0 aliphatic carbocycles. The standard InChI is InChI=1S/C29H26ClN3O7/c1-4-13-40-29(37)18-8-6-10-20(15-18)32-26(34)17-7-5-9-19(14-17)31-25-24(30)27(35)33(28(25)36)22-12-11-21(38-2)16-23(22)39-3/h5-12,14-16,31H,4,13H2,1-3H3,(H,32,34). The molecule has 3 aromatic carbocycles. The monoisotopic (exact) mass is 563 g/mol. The van der Waals surface area contributed by atoms with E-state index >= 15 is 0 Å². The number of methoxy groups -OCH3 is 2. The number of rotatable bonds is 10. The summed E-state index contributed by atoms with van der Waals surface area (Å²) in [5.41, 5.74) is 1.36. The van der Waals surface area contributed by atoms with Crippen LogP contribution in [0.5, 0.6) is 11.5 Å². The molecule has 11 heteroatoms. The number of nitrogens with zero attached hydrogens (tertiary/aromatic N) is 1. The van der Waals surface area contributed by atoms with E-state index in [1.165, 1.54) is 32.4 Å². The van der Waals surface area contributed by atoms with Gasteiger partial charge in [0.2, 0.25) is 0 Å². The van der Waals surface area contributed by atoms with E-state index in [2.05, 4.69) is 10.6 Å². The van der Waals surface area contributed by atoms with Crippen molar-refractivity contribution >= 4 is 52.4 Å². The molecule has 3 amide bonds. The van der Waals surface area contributed by atoms with Gasteiger partial charge < -0.3 is 24.8 Å². The van der Waals surface area contributed by atoms with Crippen molar-refractivity contribution in [1.29, 1.82) is 0 Å². The summed E-state index contributed by atoms with van der Waals surface area (Å²) in [5.74, 6) is -1.64. The summed E-state index contributed by atoms with van der Waals surface area (Å²) in [7, 11) is 2.89. The molecule has 0 atom stereocenters. The number of esters is 1. The van der Waals surface area contributed by atoms with Gasteiger partial charge in [-0.05, 0) is 55.0 Å². The summed E-state index contributed by atoms with van der Waals surface area (Å²) < 4.78 is 15.7. The highest BCUT2D eigenvalue weighted by atomic mass is 35.5. The smallest absolute Gasteiger partial charge is 0.338 e. The number of hydrogen-bond acceptors (Lipinski definition) is 8. The first kappa shape index (κ1) is 28.2. The second kappa shape index (κ2) is 12.4. The van der Waals surface area contributed by atoms with Crippen molar-refractivity contribution in [2.24, 2.45) is 0 Å². The lowest BCUT2D eigenvalue weighted by Gasteiger charge is -2.18. The first-order valence-electron chi connectivity index (χ1n) is 12.2. The maximum Gasteiger partial charge on any atom is 0.338 e. The van der Waals surface area contributed by atoms with Crippen LogP contribution < -0.4 is 25.0 Å². The van der Waals surface area contributed by atoms with Gasteiger partial charge in [0, 0.05) is 23.0 Å². The molecule has 40 heavy (non-hydrogen) atoms. The molecule has 10 nitrogen and oxygen atoms in total. The van der Waals surface area contributed by atoms with Crippen LogP contribution in [0, 0.1) is 0 Å². The average Bonchev–Trinajstić information content (AvgIpc) is 3.18. The van der Waals surface area contributed by atoms with Crippen molar-refractivity contribution in [3.63, 3.8) is 0 Å². The SMILES string of the molecule is CCCOC(=O)c1cccc(NC(=O)c2cccc(NC3=C(Cl)C(=O)N(c4ccc(OC)cc4OC)C3=O)c2)c1. The number of imide groups is 1. The predicted octanol–water partition coefficient (Wildman–Crippen LogP) is 4.96. The Kier molecular flexibility index (Phi) is 8.70. The lowest BCUT2D eigenvalue weighted by Crippen LogP contribution is -2.32. The van der Waals surface area contributed by atoms with Gasteiger partial charge >= 0.3 is 5.97 Å². The molecular weight excluding hydrogens is 538 g/mol. The summed E-state index contributed by atoms with van der Waals surface area (Å²) in [4.78, 5) is 52.2. The van der Waals surface area contributed by atoms with E-state index in [4.69, 9.17) is 25.8 Å². The Balaban J connectivity index is 1.51. The molecule has 0 spiro atoms. The molecule has 0 saturated heterocycles. The van der Waals surface area contributed by atoms with Gasteiger partial charge in [-0.3, -0.25) is 14.4 Å². The summed E-state index contributed by atoms with van der Waals surface area (Å²) in [5, 5.41) is 5.29. The van der Waals surface area contributed by atoms with E-state index in [-0.39, 0.29) is 27.7 Å². The van der Waals surface area contributed by atoms with Crippen LogP contribution in [0.3, 0.4) is 0 Å². The Morgan fingerprint density at radius 3 is 2.27 bits per heavy atom. The molecule has 0 radical (unpaired) electrons. The summed E-state index contributed by atoms with van der Waals surface area (Å²) in [6.07, 6.45) is 0.697. The van der Waals surface area contributed by atoms with E-state index < -0.39 is 23.7 Å². The topological polar surface area (TPSA) is 123 Å². The number of halogens is 1. The minimum atomic E-state index is -0.733. The number of carbonyl (C=O) groups is 4. The van der Waals surface area contributed by atoms with E-state index in [9.17, 15) is 19.2 Å². The zero-order valence-electron chi connectivity index (χ0n) is 21.9. The van der Waals surface area contributed by atoms with E-state index in [1.807, 2.05) is 6.92 Å². The van der Waals surface area contributed by atoms with Gasteiger partial charge in [-0.2, -0.15) is 0 Å². The normalized spacial score (nSPS) is 12.8. The van der Waals surface area contributed by atoms with Crippen molar-refractivity contribution in [1.82, 2.24) is 0 Å². The summed E-state index contributed by atoms with van der Waals surface area (Å²) >= 11 is 6.28. The highest BCUT2D eigenvalue weighted by Crippen LogP contribution is 2.37. The number of nitrogens with one attached hydrogen (secondary N) is 2. The van der Waals surface area contributed by atoms with Crippen molar-refractivity contribution in [3.05, 3.63) is 88.6 Å². The average molecular weight is 564 g/mol. The minimum absolute atomic E-state index is 0.152. The number of carbonyl (C=O) groups excluding carboxylic acids is 4. The van der Waals surface area contributed by atoms with Crippen LogP contribution >= 0.6 is 11.6 Å². The van der Waals surface area contributed by atoms with Gasteiger partial charge in [0.05, 0.1) is 32.1 Å². The molecule has 0 bridgehead atoms. The molecule has 0 fully saturated rings. The molecule has 0 aromatic heterocycles. The Hall–Kier alpha value is -4.83. The van der Waals surface area contributed by atoms with E-state index in [0.29, 0.717) is 35.7 Å². The molecule has 1 heterocycles. The van der Waals surface area contributed by atoms with Gasteiger partial charge in [-0.15, -0.1) is 0 Å². The Morgan fingerprint density at radius 2 is 1.57 bits per heavy atom. The second-order valence-electron chi connectivity index (χ2n) is 8.55. The lowest BCUT2D eigenvalue weighted by molar-refractivity contribution is -0.120. The van der Waals surface area contributed by atoms with Crippen molar-refractivity contribution < 1.29 is 33.4 Å². The quantitative estimate of drug-likeness (QED) is 0.262. The third-order valence-electron chi connectivity index (χ3n) is 5.84. The maximum atomic E-state index is 13.3. The molecule has 2 N–H and O–H groups in total. The lowest BCUT2D eigenvalue weighted by atomic mass is 10.1. The van der Waals surface area contributed by atoms with Crippen LogP contribution in [0.15, 0.2) is 77.5 Å². The molecule has 1 aliphatic rings. The molecule has 0 saturated carbocycles. The summed E-state index contributed by atoms with van der Waals surface area (Å²) in [6, 6.07) is 17.3. The fraction of sp³-hybridized carbons (Fsp3) is 0.172. The van der Waals surface area contributed by atoms with Gasteiger partial charge in [-0.1, -0.05) is 30.7 Å². The fourth-order valence-corrected chi connectivity index (χ4v) is 4.10. The minimum Gasteiger partial charge on any atom is -0.497 e. The Morgan fingerprint density at radius 1 is 0.875 bits per heavy atom. The van der Waals surface area contributed by atoms with Crippen LogP contribution in [0.4, 0.5) is 17.1 Å². The molecule has 0 unspecified atom stereocenters. The van der Waals surface area contributed by atoms with Gasteiger partial charge in [0.1, 0.15) is 22.2 Å². The van der Waals surface area contributed by atoms with E-state index in [0.717, 1.165) is 4.90 Å². The molecule has 3 aromatic rings. The highest BCUT2D eigenvalue weighted by molar-refractivity contribution is 6.53. The number of amides is 3. The van der Waals surface area contributed by atoms with Crippen LogP contribution in [0.1, 0.15) is 34.1 Å². The van der Waals surface area contributed by atoms with Crippen LogP contribution in [0.25, 0.3) is 0 Å². The second-order valence-corrected chi connectivity index (χ2v) is 8.93. The zero-order chi connectivity index (χ0) is 28.8. The van der Waals surface area contributed by atoms with E-state index in [1.54, 1.807) is 48.5 Å². The van der Waals surface area contributed by atoms with Gasteiger partial charge in [0.15, 0.2) is 0 Å². The third kappa shape index (κ3) is 5.92. The molecule has 1 aliphatic heterocycles. The van der Waals surface area contributed by atoms with Crippen LogP contribution in [-0.2, 0) is 14.3 Å². The van der Waals surface area contributed by atoms with Crippen molar-refractivity contribution in [2.75, 3.05) is 36.4 Å². The first-order chi connectivity index (χ1) is 19.3. The highest BCUT2D eigenvalue weighted by Gasteiger charge is 2.40. The fourth-order valence-electron chi connectivity index (χ4n) is 3.89. The van der Waals surface area contributed by atoms with Gasteiger partial charge in [-0.25, -0.2) is 9.69 Å². The Bertz CT molecular complexity index is 1520. The number of benzene rings is 3. The van der Waals surface area contributed by atoms with Crippen LogP contribution in [0.2, 0.25) is 0 Å². The largest absolute Gasteiger partial charge is 0.497 e. The first-order valence-corrected chi connectivity index (χ1v) is 12.6. The number of ether oxygens (including phenoxy) is 3. The maximum absolute atomic E-state index is 13.3. The van der Waals surface area contributed by atoms with Crippen molar-refractivity contribution in [2.45, 2.75) is 13.3 Å². The third-order valence-corrected chi connectivity index (χ3v) is 6.19. The predicted molar refractivity (Wildman–Crippen MR) is 150 cm³/mol. The Labute approximate surface area is 235 Å². The molecule has 4 rings (SSSR count). The van der Waals surface area contributed by atoms with Crippen LogP contribution in [-0.4, -0.2) is 44.5 Å². The number of hydrogen-bond donors (Lipinski definition) is 2. The molecule has 206 valence electrons.